The fourth-order valence-corrected chi connectivity index (χ4v) is 5.04. The molecule has 1 aliphatic heterocycles. The minimum absolute atomic E-state index is 0.0228. The van der Waals surface area contributed by atoms with Crippen LogP contribution in [-0.2, 0) is 4.79 Å². The summed E-state index contributed by atoms with van der Waals surface area (Å²) in [6.07, 6.45) is 5.13. The summed E-state index contributed by atoms with van der Waals surface area (Å²) in [5, 5.41) is 2.84. The minimum Gasteiger partial charge on any atom is -0.337 e. The number of carbonyl (C=O) groups is 3. The third kappa shape index (κ3) is 4.10. The molecular formula is C27H26N4O3. The topological polar surface area (TPSA) is 105 Å². The number of benzene rings is 2. The van der Waals surface area contributed by atoms with Crippen LogP contribution in [0.2, 0.25) is 0 Å². The van der Waals surface area contributed by atoms with E-state index in [1.54, 1.807) is 42.7 Å². The number of Topliss-reactive ketones (excluding diaryl/α,β-unsaturated/α-hetero) is 1. The van der Waals surface area contributed by atoms with E-state index in [-0.39, 0.29) is 36.1 Å². The molecule has 1 aromatic heterocycles. The number of ketones is 1. The van der Waals surface area contributed by atoms with Gasteiger partial charge in [0.1, 0.15) is 0 Å². The van der Waals surface area contributed by atoms with E-state index < -0.39 is 5.92 Å². The molecule has 2 aromatic carbocycles. The molecular weight excluding hydrogens is 428 g/mol. The molecule has 0 spiro atoms. The number of amides is 2. The molecule has 0 radical (unpaired) electrons. The molecule has 1 fully saturated rings. The SMILES string of the molecule is NC(c1ccc(C(=O)Nc2ccncc2)cc1)C1CCCN1C(=O)C1CC(=O)c2ccccc21. The zero-order valence-corrected chi connectivity index (χ0v) is 18.7. The number of anilines is 1. The minimum atomic E-state index is -0.434. The Labute approximate surface area is 198 Å². The molecule has 3 N–H and O–H groups in total. The van der Waals surface area contributed by atoms with Gasteiger partial charge in [-0.1, -0.05) is 36.4 Å². The van der Waals surface area contributed by atoms with Crippen LogP contribution in [0.5, 0.6) is 0 Å². The number of nitrogens with two attached hydrogens (primary N) is 1. The summed E-state index contributed by atoms with van der Waals surface area (Å²) in [7, 11) is 0. The number of pyridine rings is 1. The summed E-state index contributed by atoms with van der Waals surface area (Å²) in [5.41, 5.74) is 10.2. The molecule has 0 bridgehead atoms. The maximum Gasteiger partial charge on any atom is 0.255 e. The first kappa shape index (κ1) is 22.0. The van der Waals surface area contributed by atoms with E-state index in [4.69, 9.17) is 5.73 Å². The van der Waals surface area contributed by atoms with Crippen LogP contribution < -0.4 is 11.1 Å². The molecule has 3 atom stereocenters. The van der Waals surface area contributed by atoms with Gasteiger partial charge in [0.05, 0.1) is 18.0 Å². The predicted molar refractivity (Wildman–Crippen MR) is 128 cm³/mol. The van der Waals surface area contributed by atoms with Gasteiger partial charge in [-0.2, -0.15) is 0 Å². The van der Waals surface area contributed by atoms with E-state index >= 15 is 0 Å². The van der Waals surface area contributed by atoms with E-state index in [1.165, 1.54) is 0 Å². The Bertz CT molecular complexity index is 1230. The Hall–Kier alpha value is -3.84. The highest BCUT2D eigenvalue weighted by molar-refractivity contribution is 6.07. The average Bonchev–Trinajstić information content (AvgIpc) is 3.49. The van der Waals surface area contributed by atoms with E-state index in [1.807, 2.05) is 35.2 Å². The van der Waals surface area contributed by atoms with Crippen molar-refractivity contribution in [2.75, 3.05) is 11.9 Å². The zero-order valence-electron chi connectivity index (χ0n) is 18.7. The Kier molecular flexibility index (Phi) is 5.94. The van der Waals surface area contributed by atoms with E-state index in [0.29, 0.717) is 23.4 Å². The van der Waals surface area contributed by atoms with Gasteiger partial charge in [-0.25, -0.2) is 0 Å². The molecule has 2 amide bonds. The molecule has 1 aliphatic carbocycles. The maximum atomic E-state index is 13.5. The van der Waals surface area contributed by atoms with Crippen molar-refractivity contribution in [3.8, 4) is 0 Å². The van der Waals surface area contributed by atoms with E-state index in [9.17, 15) is 14.4 Å². The van der Waals surface area contributed by atoms with Crippen molar-refractivity contribution in [3.63, 3.8) is 0 Å². The third-order valence-corrected chi connectivity index (χ3v) is 6.82. The molecule has 7 nitrogen and oxygen atoms in total. The lowest BCUT2D eigenvalue weighted by Gasteiger charge is -2.31. The molecule has 5 rings (SSSR count). The molecule has 3 unspecified atom stereocenters. The Balaban J connectivity index is 1.29. The molecule has 34 heavy (non-hydrogen) atoms. The second-order valence-electron chi connectivity index (χ2n) is 8.85. The van der Waals surface area contributed by atoms with Gasteiger partial charge in [-0.15, -0.1) is 0 Å². The number of hydrogen-bond acceptors (Lipinski definition) is 5. The highest BCUT2D eigenvalue weighted by Crippen LogP contribution is 2.37. The number of aromatic nitrogens is 1. The van der Waals surface area contributed by atoms with Crippen LogP contribution in [0.15, 0.2) is 73.1 Å². The number of rotatable bonds is 5. The molecule has 7 heteroatoms. The largest absolute Gasteiger partial charge is 0.337 e. The average molecular weight is 455 g/mol. The van der Waals surface area contributed by atoms with Crippen molar-refractivity contribution < 1.29 is 14.4 Å². The monoisotopic (exact) mass is 454 g/mol. The number of likely N-dealkylation sites (tertiary alicyclic amines) is 1. The van der Waals surface area contributed by atoms with Gasteiger partial charge in [0.15, 0.2) is 5.78 Å². The van der Waals surface area contributed by atoms with Crippen LogP contribution in [0.25, 0.3) is 0 Å². The summed E-state index contributed by atoms with van der Waals surface area (Å²) in [5.74, 6) is -0.649. The Morgan fingerprint density at radius 3 is 2.53 bits per heavy atom. The van der Waals surface area contributed by atoms with Crippen molar-refractivity contribution in [1.82, 2.24) is 9.88 Å². The number of nitrogens with zero attached hydrogens (tertiary/aromatic N) is 2. The molecule has 1 saturated heterocycles. The second-order valence-corrected chi connectivity index (χ2v) is 8.85. The van der Waals surface area contributed by atoms with Crippen LogP contribution >= 0.6 is 0 Å². The van der Waals surface area contributed by atoms with Crippen LogP contribution in [0, 0.1) is 0 Å². The van der Waals surface area contributed by atoms with Crippen LogP contribution in [0.3, 0.4) is 0 Å². The number of fused-ring (bicyclic) bond motifs is 1. The standard InChI is InChI=1S/C27H26N4O3/c28-25(17-7-9-18(10-8-17)26(33)30-19-11-13-29-14-12-19)23-6-3-15-31(23)27(34)22-16-24(32)21-5-2-1-4-20(21)22/h1-2,4-5,7-14,22-23,25H,3,6,15-16,28H2,(H,29,30,33). The summed E-state index contributed by atoms with van der Waals surface area (Å²) in [6.45, 7) is 0.635. The molecule has 2 aliphatic rings. The number of nitrogens with one attached hydrogen (secondary N) is 1. The van der Waals surface area contributed by atoms with Crippen molar-refractivity contribution in [2.45, 2.75) is 37.3 Å². The van der Waals surface area contributed by atoms with Gasteiger partial charge in [0.2, 0.25) is 5.91 Å². The van der Waals surface area contributed by atoms with Gasteiger partial charge in [0, 0.05) is 42.2 Å². The summed E-state index contributed by atoms with van der Waals surface area (Å²) in [4.78, 5) is 44.2. The normalized spacial score (nSPS) is 20.1. The number of hydrogen-bond donors (Lipinski definition) is 2. The zero-order chi connectivity index (χ0) is 23.7. The first-order valence-corrected chi connectivity index (χ1v) is 11.5. The highest BCUT2D eigenvalue weighted by Gasteiger charge is 2.41. The predicted octanol–water partition coefficient (Wildman–Crippen LogP) is 3.69. The quantitative estimate of drug-likeness (QED) is 0.612. The van der Waals surface area contributed by atoms with Crippen molar-refractivity contribution >= 4 is 23.3 Å². The third-order valence-electron chi connectivity index (χ3n) is 6.82. The van der Waals surface area contributed by atoms with Crippen LogP contribution in [0.1, 0.15) is 63.1 Å². The summed E-state index contributed by atoms with van der Waals surface area (Å²) >= 11 is 0. The lowest BCUT2D eigenvalue weighted by atomic mass is 9.95. The van der Waals surface area contributed by atoms with Crippen LogP contribution in [-0.4, -0.2) is 40.1 Å². The van der Waals surface area contributed by atoms with Crippen LogP contribution in [0.4, 0.5) is 5.69 Å². The van der Waals surface area contributed by atoms with Gasteiger partial charge in [0.25, 0.3) is 5.91 Å². The first-order valence-electron chi connectivity index (χ1n) is 11.5. The van der Waals surface area contributed by atoms with E-state index in [2.05, 4.69) is 10.3 Å². The smallest absolute Gasteiger partial charge is 0.255 e. The molecule has 0 saturated carbocycles. The van der Waals surface area contributed by atoms with Gasteiger partial charge in [-0.3, -0.25) is 19.4 Å². The fraction of sp³-hybridized carbons (Fsp3) is 0.259. The van der Waals surface area contributed by atoms with Gasteiger partial charge < -0.3 is 16.0 Å². The van der Waals surface area contributed by atoms with Gasteiger partial charge in [-0.05, 0) is 48.2 Å². The maximum absolute atomic E-state index is 13.5. The lowest BCUT2D eigenvalue weighted by Crippen LogP contribution is -2.44. The molecule has 2 heterocycles. The highest BCUT2D eigenvalue weighted by atomic mass is 16.2. The molecule has 3 aromatic rings. The fourth-order valence-electron chi connectivity index (χ4n) is 5.04. The van der Waals surface area contributed by atoms with Crippen molar-refractivity contribution in [1.29, 1.82) is 0 Å². The summed E-state index contributed by atoms with van der Waals surface area (Å²) in [6, 6.07) is 17.5. The first-order chi connectivity index (χ1) is 16.5. The Morgan fingerprint density at radius 1 is 1.03 bits per heavy atom. The molecule has 172 valence electrons. The van der Waals surface area contributed by atoms with Crippen molar-refractivity contribution in [2.24, 2.45) is 5.73 Å². The van der Waals surface area contributed by atoms with E-state index in [0.717, 1.165) is 24.0 Å². The van der Waals surface area contributed by atoms with Gasteiger partial charge >= 0.3 is 0 Å². The Morgan fingerprint density at radius 2 is 1.76 bits per heavy atom. The van der Waals surface area contributed by atoms with Crippen molar-refractivity contribution in [3.05, 3.63) is 95.3 Å². The summed E-state index contributed by atoms with van der Waals surface area (Å²) < 4.78 is 0. The lowest BCUT2D eigenvalue weighted by molar-refractivity contribution is -0.133. The second kappa shape index (κ2) is 9.19. The number of carbonyl (C=O) groups excluding carboxylic acids is 3.